The van der Waals surface area contributed by atoms with Gasteiger partial charge in [-0.1, -0.05) is 18.2 Å². The van der Waals surface area contributed by atoms with Crippen molar-refractivity contribution in [2.75, 3.05) is 20.3 Å². The Morgan fingerprint density at radius 1 is 1.21 bits per heavy atom. The highest BCUT2D eigenvalue weighted by Crippen LogP contribution is 2.35. The Bertz CT molecular complexity index is 846. The molecule has 0 aliphatic rings. The van der Waals surface area contributed by atoms with E-state index in [1.165, 1.54) is 7.11 Å². The zero-order valence-electron chi connectivity index (χ0n) is 16.1. The van der Waals surface area contributed by atoms with Crippen LogP contribution < -0.4 is 9.47 Å². The third-order valence-electron chi connectivity index (χ3n) is 4.15. The lowest BCUT2D eigenvalue weighted by molar-refractivity contribution is 0.0934. The molecule has 0 aliphatic heterocycles. The van der Waals surface area contributed by atoms with Gasteiger partial charge in [0.2, 0.25) is 0 Å². The summed E-state index contributed by atoms with van der Waals surface area (Å²) in [5.41, 5.74) is 4.34. The van der Waals surface area contributed by atoms with Gasteiger partial charge in [0.1, 0.15) is 12.4 Å². The van der Waals surface area contributed by atoms with Gasteiger partial charge in [-0.3, -0.25) is 0 Å². The number of para-hydroxylation sites is 1. The van der Waals surface area contributed by atoms with E-state index < -0.39 is 12.2 Å². The van der Waals surface area contributed by atoms with E-state index in [0.29, 0.717) is 26.2 Å². The van der Waals surface area contributed by atoms with Gasteiger partial charge in [0.15, 0.2) is 11.5 Å². The van der Waals surface area contributed by atoms with Crippen molar-refractivity contribution in [3.05, 3.63) is 69.0 Å². The molecule has 0 spiro atoms. The molecule has 0 unspecified atom stereocenters. The molecule has 0 heterocycles. The summed E-state index contributed by atoms with van der Waals surface area (Å²) in [5, 5.41) is 39.3. The molecule has 7 heteroatoms. The van der Waals surface area contributed by atoms with Gasteiger partial charge in [0.05, 0.1) is 29.5 Å². The van der Waals surface area contributed by atoms with Gasteiger partial charge in [-0.15, -0.1) is 5.73 Å². The van der Waals surface area contributed by atoms with Crippen LogP contribution in [-0.2, 0) is 0 Å². The predicted molar refractivity (Wildman–Crippen MR) is 118 cm³/mol. The van der Waals surface area contributed by atoms with Gasteiger partial charge in [-0.25, -0.2) is 0 Å². The van der Waals surface area contributed by atoms with E-state index in [-0.39, 0.29) is 31.8 Å². The molecular weight excluding hydrogens is 487 g/mol. The summed E-state index contributed by atoms with van der Waals surface area (Å²) in [6.45, 7) is -0.149. The fourth-order valence-corrected chi connectivity index (χ4v) is 3.21. The summed E-state index contributed by atoms with van der Waals surface area (Å²) in [6.07, 6.45) is 0.433. The quantitative estimate of drug-likeness (QED) is 0.288. The maximum absolute atomic E-state index is 10.5. The van der Waals surface area contributed by atoms with Crippen LogP contribution in [0.2, 0.25) is 0 Å². The molecule has 0 aliphatic carbocycles. The Morgan fingerprint density at radius 3 is 2.59 bits per heavy atom. The lowest BCUT2D eigenvalue weighted by Gasteiger charge is -2.13. The van der Waals surface area contributed by atoms with Crippen LogP contribution in [0.1, 0.15) is 24.5 Å². The van der Waals surface area contributed by atoms with E-state index in [0.717, 1.165) is 0 Å². The van der Waals surface area contributed by atoms with Crippen molar-refractivity contribution >= 4 is 22.6 Å². The van der Waals surface area contributed by atoms with Crippen molar-refractivity contribution in [2.45, 2.75) is 25.0 Å². The maximum Gasteiger partial charge on any atom is 0.171 e. The molecule has 0 aromatic heterocycles. The van der Waals surface area contributed by atoms with Crippen molar-refractivity contribution in [1.29, 1.82) is 0 Å². The number of hydrogen-bond acceptors (Lipinski definition) is 6. The smallest absolute Gasteiger partial charge is 0.171 e. The number of phenols is 1. The van der Waals surface area contributed by atoms with E-state index in [2.05, 4.69) is 5.73 Å². The van der Waals surface area contributed by atoms with Gasteiger partial charge in [-0.05, 0) is 58.5 Å². The van der Waals surface area contributed by atoms with Gasteiger partial charge in [0, 0.05) is 18.4 Å². The monoisotopic (exact) mass is 512 g/mol. The highest BCUT2D eigenvalue weighted by molar-refractivity contribution is 14.1. The molecular formula is C22H25IO6. The molecule has 2 aromatic carbocycles. The number of rotatable bonds is 10. The number of aromatic hydroxyl groups is 1. The molecule has 0 saturated carbocycles. The summed E-state index contributed by atoms with van der Waals surface area (Å²) < 4.78 is 11.4. The summed E-state index contributed by atoms with van der Waals surface area (Å²) in [5.74, 6) is 1.03. The van der Waals surface area contributed by atoms with Gasteiger partial charge in [-0.2, -0.15) is 0 Å². The van der Waals surface area contributed by atoms with Crippen molar-refractivity contribution in [3.8, 4) is 17.2 Å². The fraction of sp³-hybridized carbons (Fsp3) is 0.318. The van der Waals surface area contributed by atoms with E-state index >= 15 is 0 Å². The third kappa shape index (κ3) is 7.38. The van der Waals surface area contributed by atoms with E-state index in [9.17, 15) is 15.3 Å². The Kier molecular flexibility index (Phi) is 9.50. The number of ether oxygens (including phenoxy) is 2. The summed E-state index contributed by atoms with van der Waals surface area (Å²) in [4.78, 5) is 0. The van der Waals surface area contributed by atoms with Crippen LogP contribution in [0, 0.1) is 3.57 Å². The van der Waals surface area contributed by atoms with Crippen LogP contribution in [0.5, 0.6) is 17.2 Å². The number of aliphatic hydroxyl groups is 3. The molecule has 156 valence electrons. The molecule has 29 heavy (non-hydrogen) atoms. The second kappa shape index (κ2) is 11.8. The molecule has 2 atom stereocenters. The van der Waals surface area contributed by atoms with E-state index in [1.807, 2.05) is 52.9 Å². The Labute approximate surface area is 183 Å². The van der Waals surface area contributed by atoms with Gasteiger partial charge < -0.3 is 29.9 Å². The SMILES string of the molecule is COc1cc([C@H](O)CC=C=C(COc2ccccc2)C[C@@H](O)CO)cc(I)c1O. The molecule has 0 amide bonds. The minimum atomic E-state index is -0.905. The molecule has 0 fully saturated rings. The maximum atomic E-state index is 10.5. The summed E-state index contributed by atoms with van der Waals surface area (Å²) in [6, 6.07) is 12.5. The fourth-order valence-electron chi connectivity index (χ4n) is 2.59. The first kappa shape index (κ1) is 23.3. The number of phenolic OH excluding ortho intramolecular Hbond substituents is 1. The molecule has 0 bridgehead atoms. The van der Waals surface area contributed by atoms with Crippen molar-refractivity contribution < 1.29 is 29.9 Å². The minimum absolute atomic E-state index is 0.0397. The second-order valence-corrected chi connectivity index (χ2v) is 7.56. The molecule has 2 aromatic rings. The van der Waals surface area contributed by atoms with Crippen molar-refractivity contribution in [2.24, 2.45) is 0 Å². The summed E-state index contributed by atoms with van der Waals surface area (Å²) >= 11 is 1.98. The third-order valence-corrected chi connectivity index (χ3v) is 4.97. The largest absolute Gasteiger partial charge is 0.504 e. The lowest BCUT2D eigenvalue weighted by atomic mass is 10.0. The number of hydrogen-bond donors (Lipinski definition) is 4. The number of aliphatic hydroxyl groups excluding tert-OH is 3. The van der Waals surface area contributed by atoms with Gasteiger partial charge >= 0.3 is 0 Å². The van der Waals surface area contributed by atoms with E-state index in [1.54, 1.807) is 18.2 Å². The first-order valence-electron chi connectivity index (χ1n) is 9.08. The Balaban J connectivity index is 2.11. The normalized spacial score (nSPS) is 12.6. The van der Waals surface area contributed by atoms with Crippen LogP contribution in [0.4, 0.5) is 0 Å². The van der Waals surface area contributed by atoms with Crippen LogP contribution in [0.25, 0.3) is 0 Å². The van der Waals surface area contributed by atoms with Gasteiger partial charge in [0.25, 0.3) is 0 Å². The second-order valence-electron chi connectivity index (χ2n) is 6.40. The predicted octanol–water partition coefficient (Wildman–Crippen LogP) is 3.33. The topological polar surface area (TPSA) is 99.4 Å². The zero-order valence-corrected chi connectivity index (χ0v) is 18.2. The average molecular weight is 512 g/mol. The molecule has 6 nitrogen and oxygen atoms in total. The van der Waals surface area contributed by atoms with Crippen LogP contribution >= 0.6 is 22.6 Å². The number of halogens is 1. The molecule has 2 rings (SSSR count). The first-order valence-corrected chi connectivity index (χ1v) is 10.2. The molecule has 4 N–H and O–H groups in total. The summed E-state index contributed by atoms with van der Waals surface area (Å²) in [7, 11) is 1.45. The number of methoxy groups -OCH3 is 1. The Morgan fingerprint density at radius 2 is 1.93 bits per heavy atom. The average Bonchev–Trinajstić information content (AvgIpc) is 2.74. The number of benzene rings is 2. The molecule has 0 saturated heterocycles. The first-order chi connectivity index (χ1) is 13.9. The highest BCUT2D eigenvalue weighted by Gasteiger charge is 2.13. The lowest BCUT2D eigenvalue weighted by Crippen LogP contribution is -2.15. The zero-order chi connectivity index (χ0) is 21.2. The van der Waals surface area contributed by atoms with Crippen molar-refractivity contribution in [3.63, 3.8) is 0 Å². The van der Waals surface area contributed by atoms with Crippen LogP contribution in [0.15, 0.2) is 59.8 Å². The minimum Gasteiger partial charge on any atom is -0.504 e. The Hall–Kier alpha value is -2.03. The van der Waals surface area contributed by atoms with Crippen LogP contribution in [-0.4, -0.2) is 46.9 Å². The molecule has 0 radical (unpaired) electrons. The highest BCUT2D eigenvalue weighted by atomic mass is 127. The standard InChI is InChI=1S/C22H25IO6/c1-28-21-12-16(11-19(23)22(21)27)20(26)9-5-6-15(10-17(25)13-24)14-29-18-7-3-2-4-8-18/h2-5,7-8,11-12,17,20,24-27H,9-10,13-14H2,1H3/t6?,17-,20-/m1/s1. The van der Waals surface area contributed by atoms with E-state index in [4.69, 9.17) is 14.6 Å². The van der Waals surface area contributed by atoms with Crippen LogP contribution in [0.3, 0.4) is 0 Å². The van der Waals surface area contributed by atoms with Crippen molar-refractivity contribution in [1.82, 2.24) is 0 Å².